The summed E-state index contributed by atoms with van der Waals surface area (Å²) in [5.74, 6) is 1.56. The molecule has 0 spiro atoms. The third kappa shape index (κ3) is 2.09. The van der Waals surface area contributed by atoms with Gasteiger partial charge in [0.2, 0.25) is 0 Å². The second-order valence-electron chi connectivity index (χ2n) is 4.52. The molecule has 2 rings (SSSR count). The lowest BCUT2D eigenvalue weighted by atomic mass is 10.0. The normalized spacial score (nSPS) is 20.1. The zero-order valence-electron chi connectivity index (χ0n) is 9.71. The number of para-hydroxylation sites is 1. The van der Waals surface area contributed by atoms with E-state index < -0.39 is 0 Å². The van der Waals surface area contributed by atoms with Gasteiger partial charge in [-0.15, -0.1) is 0 Å². The van der Waals surface area contributed by atoms with Crippen molar-refractivity contribution in [2.75, 3.05) is 11.9 Å². The number of hydrogen-bond acceptors (Lipinski definition) is 2. The fourth-order valence-corrected chi connectivity index (χ4v) is 1.95. The van der Waals surface area contributed by atoms with Gasteiger partial charge in [-0.1, -0.05) is 26.0 Å². The van der Waals surface area contributed by atoms with Crippen LogP contribution >= 0.6 is 0 Å². The number of fused-ring (bicyclic) bond motifs is 1. The van der Waals surface area contributed by atoms with E-state index in [1.807, 2.05) is 0 Å². The van der Waals surface area contributed by atoms with E-state index in [1.54, 1.807) is 0 Å². The molecule has 1 unspecified atom stereocenters. The Labute approximate surface area is 91.6 Å². The highest BCUT2D eigenvalue weighted by molar-refractivity contribution is 5.61. The Bertz CT molecular complexity index is 346. The summed E-state index contributed by atoms with van der Waals surface area (Å²) in [7, 11) is 0. The molecule has 0 amide bonds. The molecule has 0 bridgehead atoms. The molecule has 1 N–H and O–H groups in total. The van der Waals surface area contributed by atoms with E-state index in [9.17, 15) is 0 Å². The van der Waals surface area contributed by atoms with Crippen LogP contribution in [0.2, 0.25) is 0 Å². The molecule has 0 saturated carbocycles. The number of rotatable bonds is 1. The average molecular weight is 205 g/mol. The van der Waals surface area contributed by atoms with Crippen molar-refractivity contribution in [2.45, 2.75) is 39.2 Å². The van der Waals surface area contributed by atoms with E-state index >= 15 is 0 Å². The summed E-state index contributed by atoms with van der Waals surface area (Å²) in [5.41, 5.74) is 2.44. The Kier molecular flexibility index (Phi) is 2.85. The Morgan fingerprint density at radius 2 is 2.20 bits per heavy atom. The zero-order chi connectivity index (χ0) is 10.8. The van der Waals surface area contributed by atoms with E-state index in [4.69, 9.17) is 4.74 Å². The standard InChI is InChI=1S/C13H19NO/c1-9(2)11-5-4-6-12-13(11)15-10(3)7-8-14-12/h4-6,9-10,14H,7-8H2,1-3H3. The lowest BCUT2D eigenvalue weighted by molar-refractivity contribution is 0.219. The molecule has 15 heavy (non-hydrogen) atoms. The number of nitrogens with one attached hydrogen (secondary N) is 1. The Morgan fingerprint density at radius 1 is 1.40 bits per heavy atom. The van der Waals surface area contributed by atoms with E-state index in [2.05, 4.69) is 44.3 Å². The van der Waals surface area contributed by atoms with Crippen LogP contribution in [0.5, 0.6) is 5.75 Å². The maximum absolute atomic E-state index is 5.99. The van der Waals surface area contributed by atoms with E-state index in [0.29, 0.717) is 12.0 Å². The maximum atomic E-state index is 5.99. The molecule has 2 heteroatoms. The Balaban J connectivity index is 2.43. The first-order chi connectivity index (χ1) is 7.18. The first-order valence-electron chi connectivity index (χ1n) is 5.72. The number of anilines is 1. The number of hydrogen-bond donors (Lipinski definition) is 1. The predicted molar refractivity (Wildman–Crippen MR) is 63.7 cm³/mol. The second-order valence-corrected chi connectivity index (χ2v) is 4.52. The quantitative estimate of drug-likeness (QED) is 0.758. The minimum absolute atomic E-state index is 0.304. The van der Waals surface area contributed by atoms with Crippen molar-refractivity contribution in [1.82, 2.24) is 0 Å². The molecule has 0 saturated heterocycles. The van der Waals surface area contributed by atoms with Crippen LogP contribution in [0.25, 0.3) is 0 Å². The molecule has 1 aromatic carbocycles. The molecule has 0 radical (unpaired) electrons. The van der Waals surface area contributed by atoms with Crippen molar-refractivity contribution in [1.29, 1.82) is 0 Å². The molecule has 1 aromatic rings. The lowest BCUT2D eigenvalue weighted by Crippen LogP contribution is -2.12. The first-order valence-corrected chi connectivity index (χ1v) is 5.72. The second kappa shape index (κ2) is 4.13. The monoisotopic (exact) mass is 205 g/mol. The summed E-state index contributed by atoms with van der Waals surface area (Å²) in [6, 6.07) is 6.35. The highest BCUT2D eigenvalue weighted by Crippen LogP contribution is 2.36. The van der Waals surface area contributed by atoms with Gasteiger partial charge in [0.15, 0.2) is 0 Å². The number of benzene rings is 1. The fourth-order valence-electron chi connectivity index (χ4n) is 1.95. The van der Waals surface area contributed by atoms with Crippen molar-refractivity contribution in [3.63, 3.8) is 0 Å². The van der Waals surface area contributed by atoms with Gasteiger partial charge in [0, 0.05) is 13.0 Å². The average Bonchev–Trinajstić information content (AvgIpc) is 2.37. The van der Waals surface area contributed by atoms with Crippen LogP contribution in [-0.2, 0) is 0 Å². The van der Waals surface area contributed by atoms with Crippen molar-refractivity contribution >= 4 is 5.69 Å². The number of ether oxygens (including phenoxy) is 1. The summed E-state index contributed by atoms with van der Waals surface area (Å²) in [5, 5.41) is 3.43. The fraction of sp³-hybridized carbons (Fsp3) is 0.538. The van der Waals surface area contributed by atoms with Crippen LogP contribution in [0.15, 0.2) is 18.2 Å². The van der Waals surface area contributed by atoms with Gasteiger partial charge in [-0.3, -0.25) is 0 Å². The molecule has 0 aliphatic carbocycles. The molecule has 1 aliphatic heterocycles. The summed E-state index contributed by atoms with van der Waals surface area (Å²) in [4.78, 5) is 0. The topological polar surface area (TPSA) is 21.3 Å². The highest BCUT2D eigenvalue weighted by Gasteiger charge is 2.17. The smallest absolute Gasteiger partial charge is 0.146 e. The molecule has 2 nitrogen and oxygen atoms in total. The van der Waals surface area contributed by atoms with E-state index in [0.717, 1.165) is 24.4 Å². The molecule has 82 valence electrons. The molecule has 0 fully saturated rings. The van der Waals surface area contributed by atoms with Crippen molar-refractivity contribution in [2.24, 2.45) is 0 Å². The third-order valence-electron chi connectivity index (χ3n) is 2.85. The minimum Gasteiger partial charge on any atom is -0.488 e. The zero-order valence-corrected chi connectivity index (χ0v) is 9.71. The van der Waals surface area contributed by atoms with Crippen molar-refractivity contribution in [3.05, 3.63) is 23.8 Å². The summed E-state index contributed by atoms with van der Waals surface area (Å²) < 4.78 is 5.99. The van der Waals surface area contributed by atoms with E-state index in [-0.39, 0.29) is 0 Å². The van der Waals surface area contributed by atoms with E-state index in [1.165, 1.54) is 5.56 Å². The van der Waals surface area contributed by atoms with Crippen LogP contribution in [0.3, 0.4) is 0 Å². The van der Waals surface area contributed by atoms with Gasteiger partial charge in [0.25, 0.3) is 0 Å². The van der Waals surface area contributed by atoms with Crippen LogP contribution in [0.1, 0.15) is 38.7 Å². The Morgan fingerprint density at radius 3 is 2.93 bits per heavy atom. The van der Waals surface area contributed by atoms with Crippen molar-refractivity contribution < 1.29 is 4.74 Å². The summed E-state index contributed by atoms with van der Waals surface area (Å²) in [6.45, 7) is 7.53. The van der Waals surface area contributed by atoms with Crippen molar-refractivity contribution in [3.8, 4) is 5.75 Å². The van der Waals surface area contributed by atoms with Gasteiger partial charge in [0.1, 0.15) is 5.75 Å². The van der Waals surface area contributed by atoms with Gasteiger partial charge in [0.05, 0.1) is 11.8 Å². The van der Waals surface area contributed by atoms with Gasteiger partial charge in [-0.25, -0.2) is 0 Å². The molecule has 0 aromatic heterocycles. The lowest BCUT2D eigenvalue weighted by Gasteiger charge is -2.17. The molecule has 1 aliphatic rings. The molecular weight excluding hydrogens is 186 g/mol. The van der Waals surface area contributed by atoms with Gasteiger partial charge in [-0.05, 0) is 24.5 Å². The van der Waals surface area contributed by atoms with Gasteiger partial charge in [-0.2, -0.15) is 0 Å². The van der Waals surface area contributed by atoms with Gasteiger partial charge >= 0.3 is 0 Å². The molecule has 1 atom stereocenters. The van der Waals surface area contributed by atoms with Crippen LogP contribution in [0, 0.1) is 0 Å². The predicted octanol–water partition coefficient (Wildman–Crippen LogP) is 3.39. The highest BCUT2D eigenvalue weighted by atomic mass is 16.5. The molecular formula is C13H19NO. The SMILES string of the molecule is CC1CCNc2cccc(C(C)C)c2O1. The largest absolute Gasteiger partial charge is 0.488 e. The summed E-state index contributed by atoms with van der Waals surface area (Å²) >= 11 is 0. The molecule has 1 heterocycles. The Hall–Kier alpha value is -1.18. The minimum atomic E-state index is 0.304. The van der Waals surface area contributed by atoms with Crippen LogP contribution < -0.4 is 10.1 Å². The third-order valence-corrected chi connectivity index (χ3v) is 2.85. The first kappa shape index (κ1) is 10.3. The maximum Gasteiger partial charge on any atom is 0.146 e. The summed E-state index contributed by atoms with van der Waals surface area (Å²) in [6.07, 6.45) is 1.37. The van der Waals surface area contributed by atoms with Crippen LogP contribution in [0.4, 0.5) is 5.69 Å². The van der Waals surface area contributed by atoms with Gasteiger partial charge < -0.3 is 10.1 Å². The van der Waals surface area contributed by atoms with Crippen LogP contribution in [-0.4, -0.2) is 12.6 Å².